The van der Waals surface area contributed by atoms with E-state index < -0.39 is 42.2 Å². The van der Waals surface area contributed by atoms with Crippen molar-refractivity contribution in [2.45, 2.75) is 100 Å². The number of fused-ring (bicyclic) bond motifs is 6. The molecule has 5 aliphatic rings. The number of aromatic nitrogens is 6. The molecule has 7 aromatic rings. The Balaban J connectivity index is 0.000000172. The summed E-state index contributed by atoms with van der Waals surface area (Å²) in [6, 6.07) is 11.1. The minimum atomic E-state index is -4.67. The SMILES string of the molecule is C#Cc1c(F)ccc2cc(O)cc(-c3ncc4c(N5CC6CCC(C5)N6)nc(OCC56CCCN5CC(F)C6)nc4c3F)c12.CC1(C)CCC(Nc2ncc(C(F)(F)F)c(-c3c[nH]c4c(P(C)(C)=O)c(C#N)ccc34)n2)CN1. The van der Waals surface area contributed by atoms with Gasteiger partial charge < -0.3 is 40.2 Å². The number of halogens is 6. The molecule has 0 saturated carbocycles. The summed E-state index contributed by atoms with van der Waals surface area (Å²) in [5, 5.41) is 32.0. The van der Waals surface area contributed by atoms with Gasteiger partial charge in [-0.25, -0.2) is 23.1 Å². The van der Waals surface area contributed by atoms with E-state index in [9.17, 15) is 36.9 Å². The highest BCUT2D eigenvalue weighted by Crippen LogP contribution is 2.45. The second kappa shape index (κ2) is 20.0. The van der Waals surface area contributed by atoms with E-state index in [2.05, 4.69) is 70.4 Å². The first kappa shape index (κ1) is 53.0. The van der Waals surface area contributed by atoms with Gasteiger partial charge in [0.15, 0.2) is 5.82 Å². The number of nitrogens with zero attached hydrogens (tertiary/aromatic N) is 8. The number of nitriles is 1. The summed E-state index contributed by atoms with van der Waals surface area (Å²) in [6.07, 6.45) is 9.79. The van der Waals surface area contributed by atoms with Gasteiger partial charge in [-0.2, -0.15) is 28.4 Å². The maximum Gasteiger partial charge on any atom is 0.419 e. The van der Waals surface area contributed by atoms with Crippen molar-refractivity contribution in [1.29, 1.82) is 5.26 Å². The summed E-state index contributed by atoms with van der Waals surface area (Å²) in [7, 11) is -2.91. The van der Waals surface area contributed by atoms with Crippen molar-refractivity contribution in [3.63, 3.8) is 0 Å². The van der Waals surface area contributed by atoms with Crippen LogP contribution in [0.25, 0.3) is 55.1 Å². The predicted octanol–water partition coefficient (Wildman–Crippen LogP) is 9.41. The summed E-state index contributed by atoms with van der Waals surface area (Å²) in [4.78, 5) is 29.2. The molecule has 2 bridgehead atoms. The first-order chi connectivity index (χ1) is 37.1. The number of pyridine rings is 1. The van der Waals surface area contributed by atoms with Gasteiger partial charge in [0.1, 0.15) is 54.1 Å². The van der Waals surface area contributed by atoms with Crippen LogP contribution >= 0.6 is 7.14 Å². The molecule has 3 aromatic carbocycles. The average molecular weight is 1090 g/mol. The Morgan fingerprint density at radius 1 is 0.974 bits per heavy atom. The topological polar surface area (TPSA) is 193 Å². The molecule has 5 fully saturated rings. The van der Waals surface area contributed by atoms with Crippen LogP contribution in [0.15, 0.2) is 55.0 Å². The smallest absolute Gasteiger partial charge is 0.419 e. The zero-order valence-corrected chi connectivity index (χ0v) is 44.2. The molecule has 5 atom stereocenters. The molecular formula is C56H57F6N12O3P. The second-order valence-corrected chi connectivity index (χ2v) is 25.4. The van der Waals surface area contributed by atoms with E-state index in [0.29, 0.717) is 77.5 Å². The van der Waals surface area contributed by atoms with Crippen molar-refractivity contribution in [3.8, 4) is 52.7 Å². The Morgan fingerprint density at radius 2 is 1.76 bits per heavy atom. The number of rotatable bonds is 9. The number of hydrogen-bond donors (Lipinski definition) is 5. The Kier molecular flexibility index (Phi) is 13.6. The molecule has 0 aliphatic carbocycles. The molecule has 12 rings (SSSR count). The van der Waals surface area contributed by atoms with Crippen LogP contribution in [0.3, 0.4) is 0 Å². The number of aromatic hydroxyl groups is 1. The highest BCUT2D eigenvalue weighted by atomic mass is 31.2. The lowest BCUT2D eigenvalue weighted by molar-refractivity contribution is -0.137. The van der Waals surface area contributed by atoms with Crippen LogP contribution in [0.5, 0.6) is 11.8 Å². The number of nitrogens with one attached hydrogen (secondary N) is 4. The van der Waals surface area contributed by atoms with Crippen LogP contribution < -0.4 is 30.9 Å². The van der Waals surface area contributed by atoms with E-state index in [1.807, 2.05) is 6.07 Å². The van der Waals surface area contributed by atoms with E-state index in [1.165, 1.54) is 56.1 Å². The predicted molar refractivity (Wildman–Crippen MR) is 287 cm³/mol. The lowest BCUT2D eigenvalue weighted by atomic mass is 9.91. The van der Waals surface area contributed by atoms with E-state index in [-0.39, 0.29) is 80.4 Å². The summed E-state index contributed by atoms with van der Waals surface area (Å²) in [5.41, 5.74) is -0.904. The van der Waals surface area contributed by atoms with E-state index >= 15 is 4.39 Å². The quantitative estimate of drug-likeness (QED) is 0.0522. The molecule has 22 heteroatoms. The number of aromatic amines is 1. The van der Waals surface area contributed by atoms with Gasteiger partial charge in [-0.3, -0.25) is 9.88 Å². The van der Waals surface area contributed by atoms with Gasteiger partial charge in [0.25, 0.3) is 0 Å². The number of piperazine rings is 1. The van der Waals surface area contributed by atoms with Crippen LogP contribution in [0, 0.1) is 35.3 Å². The maximum atomic E-state index is 16.7. The molecule has 5 unspecified atom stereocenters. The van der Waals surface area contributed by atoms with Gasteiger partial charge >= 0.3 is 12.2 Å². The van der Waals surface area contributed by atoms with Gasteiger partial charge in [-0.1, -0.05) is 18.1 Å². The van der Waals surface area contributed by atoms with Crippen molar-refractivity contribution in [2.24, 2.45) is 0 Å². The average Bonchev–Trinajstić information content (AvgIpc) is 4.24. The minimum absolute atomic E-state index is 0.00631. The molecular weight excluding hydrogens is 1030 g/mol. The first-order valence-electron chi connectivity index (χ1n) is 26.0. The second-order valence-electron chi connectivity index (χ2n) is 22.2. The highest BCUT2D eigenvalue weighted by Gasteiger charge is 2.49. The molecule has 78 heavy (non-hydrogen) atoms. The van der Waals surface area contributed by atoms with Gasteiger partial charge in [0.2, 0.25) is 5.95 Å². The number of phenolic OH excluding ortho intramolecular Hbond substituents is 1. The molecule has 5 saturated heterocycles. The van der Waals surface area contributed by atoms with Gasteiger partial charge in [0, 0.05) is 96.8 Å². The van der Waals surface area contributed by atoms with Crippen molar-refractivity contribution < 1.29 is 40.8 Å². The fourth-order valence-electron chi connectivity index (χ4n) is 12.2. The normalized spacial score (nSPS) is 23.0. The van der Waals surface area contributed by atoms with Crippen LogP contribution in [0.2, 0.25) is 0 Å². The Bertz CT molecular complexity index is 3650. The molecule has 0 amide bonds. The monoisotopic (exact) mass is 1090 g/mol. The van der Waals surface area contributed by atoms with E-state index in [0.717, 1.165) is 51.3 Å². The third-order valence-corrected chi connectivity index (χ3v) is 17.5. The number of ether oxygens (including phenoxy) is 1. The van der Waals surface area contributed by atoms with Crippen molar-refractivity contribution in [3.05, 3.63) is 83.3 Å². The van der Waals surface area contributed by atoms with Gasteiger partial charge in [0.05, 0.1) is 44.6 Å². The highest BCUT2D eigenvalue weighted by molar-refractivity contribution is 7.70. The number of phenols is 1. The van der Waals surface area contributed by atoms with Crippen LogP contribution in [-0.2, 0) is 10.7 Å². The lowest BCUT2D eigenvalue weighted by Crippen LogP contribution is -2.51. The largest absolute Gasteiger partial charge is 0.508 e. The molecule has 0 radical (unpaired) electrons. The van der Waals surface area contributed by atoms with Crippen molar-refractivity contribution in [1.82, 2.24) is 45.4 Å². The minimum Gasteiger partial charge on any atom is -0.508 e. The third-order valence-electron chi connectivity index (χ3n) is 16.0. The fourth-order valence-corrected chi connectivity index (χ4v) is 13.6. The number of benzene rings is 3. The number of alkyl halides is 4. The van der Waals surface area contributed by atoms with E-state index in [4.69, 9.17) is 16.1 Å². The number of anilines is 2. The zero-order chi connectivity index (χ0) is 55.1. The number of H-pyrrole nitrogens is 1. The molecule has 0 spiro atoms. The fraction of sp³-hybridized carbons (Fsp3) is 0.429. The lowest BCUT2D eigenvalue weighted by Gasteiger charge is -2.36. The summed E-state index contributed by atoms with van der Waals surface area (Å²) in [5.74, 6) is 1.45. The summed E-state index contributed by atoms with van der Waals surface area (Å²) >= 11 is 0. The van der Waals surface area contributed by atoms with E-state index in [1.54, 1.807) is 6.07 Å². The summed E-state index contributed by atoms with van der Waals surface area (Å²) < 4.78 is 107. The summed E-state index contributed by atoms with van der Waals surface area (Å²) in [6.45, 7) is 10.7. The Labute approximate surface area is 446 Å². The van der Waals surface area contributed by atoms with Crippen LogP contribution in [0.1, 0.15) is 75.5 Å². The molecule has 5 N–H and O–H groups in total. The Hall–Kier alpha value is -7.03. The standard InChI is InChI=1S/C33H31F3N6O2.C23H26F3N6OP/c1-2-23-26(35)7-4-18-10-22(43)11-24(27(18)23)29-28(36)30-25(13-37-29)31(41-15-20-5-6-21(16-41)38-20)40-32(39-30)44-17-33-8-3-9-42(33)14-19(34)12-33;1-22(2)8-7-14(10-30-22)31-21-29-12-17(23(24,25)26)18(32-21)16-11-28-19-15(16)6-5-13(9-27)20(19)34(3,4)33/h1,4,7,10-11,13,19-21,38,43H,3,5-6,8-9,12,14-17H2;5-6,11-12,14,28,30H,7-8,10H2,1-4H3,(H,29,31,32). The van der Waals surface area contributed by atoms with Crippen molar-refractivity contribution in [2.75, 3.05) is 62.9 Å². The van der Waals surface area contributed by atoms with Gasteiger partial charge in [-0.15, -0.1) is 6.42 Å². The maximum absolute atomic E-state index is 16.7. The van der Waals surface area contributed by atoms with Crippen molar-refractivity contribution >= 4 is 56.8 Å². The third kappa shape index (κ3) is 9.95. The Morgan fingerprint density at radius 3 is 2.46 bits per heavy atom. The number of piperidine rings is 1. The van der Waals surface area contributed by atoms with Crippen LogP contribution in [0.4, 0.5) is 38.1 Å². The number of terminal acetylenes is 1. The number of hydrogen-bond acceptors (Lipinski definition) is 14. The molecule has 9 heterocycles. The molecule has 406 valence electrons. The zero-order valence-electron chi connectivity index (χ0n) is 43.3. The van der Waals surface area contributed by atoms with Gasteiger partial charge in [-0.05, 0) is 102 Å². The first-order valence-corrected chi connectivity index (χ1v) is 28.6. The molecule has 5 aliphatic heterocycles. The molecule has 4 aromatic heterocycles. The van der Waals surface area contributed by atoms with Crippen LogP contribution in [-0.4, -0.2) is 128 Å². The molecule has 15 nitrogen and oxygen atoms in total.